The fourth-order valence-corrected chi connectivity index (χ4v) is 2.56. The van der Waals surface area contributed by atoms with Crippen LogP contribution in [0.5, 0.6) is 0 Å². The number of pyridine rings is 1. The molecule has 2 N–H and O–H groups in total. The van der Waals surface area contributed by atoms with E-state index < -0.39 is 0 Å². The summed E-state index contributed by atoms with van der Waals surface area (Å²) in [6.45, 7) is 4.05. The number of aromatic nitrogens is 4. The van der Waals surface area contributed by atoms with Crippen LogP contribution in [0.2, 0.25) is 5.02 Å². The molecule has 6 nitrogen and oxygen atoms in total. The highest BCUT2D eigenvalue weighted by Crippen LogP contribution is 2.18. The fraction of sp³-hybridized carbons (Fsp3) is 0.176. The monoisotopic (exact) mass is 341 g/mol. The van der Waals surface area contributed by atoms with Crippen LogP contribution in [0.3, 0.4) is 0 Å². The van der Waals surface area contributed by atoms with E-state index in [1.54, 1.807) is 6.07 Å². The van der Waals surface area contributed by atoms with Gasteiger partial charge in [0.2, 0.25) is 0 Å². The number of nitrogens with one attached hydrogen (secondary N) is 2. The average Bonchev–Trinajstić information content (AvgIpc) is 2.99. The van der Waals surface area contributed by atoms with E-state index in [9.17, 15) is 4.79 Å². The molecule has 122 valence electrons. The second-order valence-electron chi connectivity index (χ2n) is 5.43. The molecule has 2 aromatic heterocycles. The number of hydrogen-bond donors (Lipinski definition) is 2. The Kier molecular flexibility index (Phi) is 4.57. The van der Waals surface area contributed by atoms with E-state index in [4.69, 9.17) is 11.6 Å². The molecular weight excluding hydrogens is 326 g/mol. The molecule has 0 radical (unpaired) electrons. The fourth-order valence-electron chi connectivity index (χ4n) is 2.26. The first kappa shape index (κ1) is 16.1. The number of benzene rings is 1. The van der Waals surface area contributed by atoms with E-state index in [-0.39, 0.29) is 5.91 Å². The summed E-state index contributed by atoms with van der Waals surface area (Å²) < 4.78 is 0. The third kappa shape index (κ3) is 3.60. The van der Waals surface area contributed by atoms with Crippen LogP contribution in [-0.2, 0) is 6.54 Å². The molecule has 0 spiro atoms. The molecule has 0 saturated heterocycles. The number of aromatic amines is 1. The minimum atomic E-state index is -0.258. The van der Waals surface area contributed by atoms with Gasteiger partial charge in [-0.3, -0.25) is 14.9 Å². The molecule has 3 aromatic rings. The summed E-state index contributed by atoms with van der Waals surface area (Å²) in [6.07, 6.45) is 1.49. The number of hydrogen-bond acceptors (Lipinski definition) is 4. The van der Waals surface area contributed by atoms with Gasteiger partial charge in [0.1, 0.15) is 5.82 Å². The van der Waals surface area contributed by atoms with E-state index >= 15 is 0 Å². The minimum Gasteiger partial charge on any atom is -0.348 e. The number of aryl methyl sites for hydroxylation is 2. The van der Waals surface area contributed by atoms with Crippen LogP contribution in [0.4, 0.5) is 0 Å². The molecular formula is C17H16ClN5O. The van der Waals surface area contributed by atoms with E-state index in [0.29, 0.717) is 23.0 Å². The van der Waals surface area contributed by atoms with Gasteiger partial charge in [-0.15, -0.1) is 0 Å². The third-order valence-corrected chi connectivity index (χ3v) is 3.78. The summed E-state index contributed by atoms with van der Waals surface area (Å²) in [7, 11) is 0. The molecule has 0 fully saturated rings. The van der Waals surface area contributed by atoms with Crippen LogP contribution < -0.4 is 5.32 Å². The Morgan fingerprint density at radius 3 is 2.83 bits per heavy atom. The Morgan fingerprint density at radius 2 is 2.12 bits per heavy atom. The maximum atomic E-state index is 12.2. The smallest absolute Gasteiger partial charge is 0.254 e. The predicted molar refractivity (Wildman–Crippen MR) is 91.7 cm³/mol. The van der Waals surface area contributed by atoms with Gasteiger partial charge < -0.3 is 5.32 Å². The van der Waals surface area contributed by atoms with Crippen LogP contribution in [0.25, 0.3) is 11.4 Å². The highest BCUT2D eigenvalue weighted by molar-refractivity contribution is 6.33. The zero-order chi connectivity index (χ0) is 17.1. The second kappa shape index (κ2) is 6.80. The Morgan fingerprint density at radius 1 is 1.29 bits per heavy atom. The maximum absolute atomic E-state index is 12.2. The van der Waals surface area contributed by atoms with Crippen LogP contribution in [0, 0.1) is 13.8 Å². The van der Waals surface area contributed by atoms with Crippen molar-refractivity contribution in [1.82, 2.24) is 25.5 Å². The van der Waals surface area contributed by atoms with E-state index in [0.717, 1.165) is 22.6 Å². The third-order valence-electron chi connectivity index (χ3n) is 3.47. The second-order valence-corrected chi connectivity index (χ2v) is 5.84. The first-order chi connectivity index (χ1) is 11.5. The van der Waals surface area contributed by atoms with Crippen molar-refractivity contribution in [2.24, 2.45) is 0 Å². The summed E-state index contributed by atoms with van der Waals surface area (Å²) in [4.78, 5) is 20.7. The molecule has 24 heavy (non-hydrogen) atoms. The number of amides is 1. The molecule has 3 rings (SSSR count). The molecule has 0 atom stereocenters. The molecule has 0 aliphatic carbocycles. The van der Waals surface area contributed by atoms with Gasteiger partial charge in [0.05, 0.1) is 10.6 Å². The van der Waals surface area contributed by atoms with Crippen molar-refractivity contribution in [2.45, 2.75) is 20.4 Å². The minimum absolute atomic E-state index is 0.258. The van der Waals surface area contributed by atoms with E-state index in [1.165, 1.54) is 6.20 Å². The molecule has 0 bridgehead atoms. The number of carbonyl (C=O) groups is 1. The number of H-pyrrole nitrogens is 1. The van der Waals surface area contributed by atoms with Crippen LogP contribution in [0.1, 0.15) is 27.4 Å². The quantitative estimate of drug-likeness (QED) is 0.764. The lowest BCUT2D eigenvalue weighted by Crippen LogP contribution is -2.23. The van der Waals surface area contributed by atoms with Crippen molar-refractivity contribution in [2.75, 3.05) is 0 Å². The molecule has 1 amide bonds. The van der Waals surface area contributed by atoms with Gasteiger partial charge in [-0.2, -0.15) is 5.10 Å². The zero-order valence-electron chi connectivity index (χ0n) is 13.3. The van der Waals surface area contributed by atoms with Crippen LogP contribution in [0.15, 0.2) is 36.5 Å². The lowest BCUT2D eigenvalue weighted by atomic mass is 10.1. The number of nitrogens with zero attached hydrogens (tertiary/aromatic N) is 3. The Hall–Kier alpha value is -2.73. The Balaban J connectivity index is 1.71. The lowest BCUT2D eigenvalue weighted by molar-refractivity contribution is 0.0950. The van der Waals surface area contributed by atoms with Crippen molar-refractivity contribution in [3.63, 3.8) is 0 Å². The Bertz CT molecular complexity index is 890. The first-order valence-corrected chi connectivity index (χ1v) is 7.79. The van der Waals surface area contributed by atoms with Gasteiger partial charge in [-0.05, 0) is 31.5 Å². The highest BCUT2D eigenvalue weighted by Gasteiger charge is 2.11. The van der Waals surface area contributed by atoms with Gasteiger partial charge in [-0.25, -0.2) is 4.98 Å². The lowest BCUT2D eigenvalue weighted by Gasteiger charge is -2.08. The van der Waals surface area contributed by atoms with Crippen LogP contribution >= 0.6 is 11.6 Å². The number of halogens is 1. The van der Waals surface area contributed by atoms with Crippen molar-refractivity contribution < 1.29 is 4.79 Å². The van der Waals surface area contributed by atoms with Crippen molar-refractivity contribution in [3.8, 4) is 11.4 Å². The van der Waals surface area contributed by atoms with Gasteiger partial charge >= 0.3 is 0 Å². The molecule has 0 unspecified atom stereocenters. The average molecular weight is 342 g/mol. The Labute approximate surface area is 144 Å². The van der Waals surface area contributed by atoms with Crippen molar-refractivity contribution in [1.29, 1.82) is 0 Å². The number of carbonyl (C=O) groups excluding carboxylic acids is 1. The number of rotatable bonds is 4. The highest BCUT2D eigenvalue weighted by atomic mass is 35.5. The molecule has 2 heterocycles. The maximum Gasteiger partial charge on any atom is 0.254 e. The normalized spacial score (nSPS) is 10.6. The van der Waals surface area contributed by atoms with Gasteiger partial charge in [-0.1, -0.05) is 29.8 Å². The van der Waals surface area contributed by atoms with E-state index in [2.05, 4.69) is 25.5 Å². The summed E-state index contributed by atoms with van der Waals surface area (Å²) in [5, 5.41) is 10.2. The standard InChI is InChI=1S/C17H16ClN5O/c1-10-6-15(18)14(9-19-10)17(24)20-8-12-4-3-5-13(7-12)16-21-11(2)22-23-16/h3-7,9H,8H2,1-2H3,(H,20,24)(H,21,22,23). The summed E-state index contributed by atoms with van der Waals surface area (Å²) in [5.74, 6) is 1.13. The summed E-state index contributed by atoms with van der Waals surface area (Å²) in [6, 6.07) is 9.37. The SMILES string of the molecule is Cc1cc(Cl)c(C(=O)NCc2cccc(-c3n[nH]c(C)n3)c2)cn1. The van der Waals surface area contributed by atoms with Gasteiger partial charge in [0, 0.05) is 24.0 Å². The molecule has 0 aliphatic heterocycles. The van der Waals surface area contributed by atoms with Gasteiger partial charge in [0.15, 0.2) is 5.82 Å². The molecule has 1 aromatic carbocycles. The molecule has 0 aliphatic rings. The van der Waals surface area contributed by atoms with E-state index in [1.807, 2.05) is 38.1 Å². The first-order valence-electron chi connectivity index (χ1n) is 7.41. The zero-order valence-corrected chi connectivity index (χ0v) is 14.1. The molecule has 0 saturated carbocycles. The summed E-state index contributed by atoms with van der Waals surface area (Å²) in [5.41, 5.74) is 2.97. The van der Waals surface area contributed by atoms with Crippen molar-refractivity contribution >= 4 is 17.5 Å². The topological polar surface area (TPSA) is 83.6 Å². The van der Waals surface area contributed by atoms with Gasteiger partial charge in [0.25, 0.3) is 5.91 Å². The molecule has 7 heteroatoms. The largest absolute Gasteiger partial charge is 0.348 e. The predicted octanol–water partition coefficient (Wildman–Crippen LogP) is 3.07. The van der Waals surface area contributed by atoms with Crippen molar-refractivity contribution in [3.05, 3.63) is 64.2 Å². The summed E-state index contributed by atoms with van der Waals surface area (Å²) >= 11 is 6.09. The van der Waals surface area contributed by atoms with Crippen LogP contribution in [-0.4, -0.2) is 26.1 Å².